The van der Waals surface area contributed by atoms with Crippen LogP contribution in [0.25, 0.3) is 0 Å². The SMILES string of the molecule is CNS(=O)(=O)c1ccc(Nc2ncc(C(F)(F)F)c(O[C@@H]3CCOC[C@H]3O)n2)cc1. The first-order valence-electron chi connectivity index (χ1n) is 8.77. The van der Waals surface area contributed by atoms with E-state index in [1.54, 1.807) is 0 Å². The van der Waals surface area contributed by atoms with Crippen LogP contribution in [-0.2, 0) is 20.9 Å². The second-order valence-corrected chi connectivity index (χ2v) is 8.24. The number of rotatable bonds is 6. The minimum Gasteiger partial charge on any atom is -0.471 e. The predicted molar refractivity (Wildman–Crippen MR) is 98.9 cm³/mol. The largest absolute Gasteiger partial charge is 0.471 e. The fourth-order valence-electron chi connectivity index (χ4n) is 2.66. The summed E-state index contributed by atoms with van der Waals surface area (Å²) in [5.41, 5.74) is -0.830. The van der Waals surface area contributed by atoms with Crippen molar-refractivity contribution in [2.75, 3.05) is 25.6 Å². The molecule has 2 atom stereocenters. The molecule has 0 amide bonds. The van der Waals surface area contributed by atoms with Crippen LogP contribution in [-0.4, -0.2) is 56.0 Å². The molecule has 1 aliphatic rings. The van der Waals surface area contributed by atoms with E-state index in [0.717, 1.165) is 0 Å². The first-order valence-corrected chi connectivity index (χ1v) is 10.3. The normalized spacial score (nSPS) is 20.0. The van der Waals surface area contributed by atoms with Gasteiger partial charge in [-0.15, -0.1) is 0 Å². The molecule has 0 aliphatic carbocycles. The van der Waals surface area contributed by atoms with Gasteiger partial charge in [-0.25, -0.2) is 18.1 Å². The Balaban J connectivity index is 1.85. The van der Waals surface area contributed by atoms with Gasteiger partial charge < -0.3 is 19.9 Å². The third-order valence-corrected chi connectivity index (χ3v) is 5.71. The first-order chi connectivity index (χ1) is 14.1. The number of alkyl halides is 3. The Morgan fingerprint density at radius 1 is 1.27 bits per heavy atom. The van der Waals surface area contributed by atoms with Gasteiger partial charge in [-0.3, -0.25) is 0 Å². The molecular weight excluding hydrogens is 429 g/mol. The van der Waals surface area contributed by atoms with Gasteiger partial charge in [-0.05, 0) is 31.3 Å². The van der Waals surface area contributed by atoms with E-state index < -0.39 is 39.9 Å². The van der Waals surface area contributed by atoms with Crippen LogP contribution in [0.1, 0.15) is 12.0 Å². The minimum atomic E-state index is -4.76. The summed E-state index contributed by atoms with van der Waals surface area (Å²) in [6, 6.07) is 5.45. The summed E-state index contributed by atoms with van der Waals surface area (Å²) in [7, 11) is -2.35. The average molecular weight is 448 g/mol. The molecule has 9 nitrogen and oxygen atoms in total. The minimum absolute atomic E-state index is 0.0152. The zero-order valence-corrected chi connectivity index (χ0v) is 16.5. The summed E-state index contributed by atoms with van der Waals surface area (Å²) in [6.45, 7) is 0.186. The summed E-state index contributed by atoms with van der Waals surface area (Å²) >= 11 is 0. The molecular formula is C17H19F3N4O5S. The zero-order chi connectivity index (χ0) is 21.9. The second-order valence-electron chi connectivity index (χ2n) is 6.35. The first kappa shape index (κ1) is 22.2. The number of aromatic nitrogens is 2. The summed E-state index contributed by atoms with van der Waals surface area (Å²) in [6.07, 6.45) is -5.97. The molecule has 3 N–H and O–H groups in total. The number of benzene rings is 1. The molecule has 164 valence electrons. The maximum Gasteiger partial charge on any atom is 0.423 e. The van der Waals surface area contributed by atoms with Crippen LogP contribution < -0.4 is 14.8 Å². The van der Waals surface area contributed by atoms with E-state index in [9.17, 15) is 26.7 Å². The van der Waals surface area contributed by atoms with Crippen molar-refractivity contribution < 1.29 is 36.2 Å². The number of nitrogens with zero attached hydrogens (tertiary/aromatic N) is 2. The van der Waals surface area contributed by atoms with E-state index in [2.05, 4.69) is 20.0 Å². The molecule has 1 fully saturated rings. The number of anilines is 2. The number of hydrogen-bond donors (Lipinski definition) is 3. The lowest BCUT2D eigenvalue weighted by atomic mass is 10.1. The van der Waals surface area contributed by atoms with Crippen molar-refractivity contribution in [3.63, 3.8) is 0 Å². The molecule has 1 aliphatic heterocycles. The van der Waals surface area contributed by atoms with E-state index in [0.29, 0.717) is 11.9 Å². The smallest absolute Gasteiger partial charge is 0.423 e. The van der Waals surface area contributed by atoms with Crippen molar-refractivity contribution >= 4 is 21.7 Å². The van der Waals surface area contributed by atoms with E-state index >= 15 is 0 Å². The Bertz CT molecular complexity index is 986. The van der Waals surface area contributed by atoms with Crippen molar-refractivity contribution in [2.45, 2.75) is 29.7 Å². The van der Waals surface area contributed by atoms with Gasteiger partial charge >= 0.3 is 6.18 Å². The number of nitrogens with one attached hydrogen (secondary N) is 2. The molecule has 1 saturated heterocycles. The Labute approximate surface area is 170 Å². The topological polar surface area (TPSA) is 123 Å². The number of halogens is 3. The number of aliphatic hydroxyl groups excluding tert-OH is 1. The summed E-state index contributed by atoms with van der Waals surface area (Å²) in [5.74, 6) is -0.913. The number of sulfonamides is 1. The van der Waals surface area contributed by atoms with Crippen LogP contribution in [0.4, 0.5) is 24.8 Å². The molecule has 2 aromatic rings. The number of ether oxygens (including phenoxy) is 2. The average Bonchev–Trinajstić information content (AvgIpc) is 2.69. The summed E-state index contributed by atoms with van der Waals surface area (Å²) < 4.78 is 76.0. The Morgan fingerprint density at radius 2 is 1.97 bits per heavy atom. The quantitative estimate of drug-likeness (QED) is 0.610. The molecule has 0 radical (unpaired) electrons. The van der Waals surface area contributed by atoms with Crippen molar-refractivity contribution in [2.24, 2.45) is 0 Å². The highest BCUT2D eigenvalue weighted by Crippen LogP contribution is 2.36. The Hall–Kier alpha value is -2.48. The molecule has 0 unspecified atom stereocenters. The van der Waals surface area contributed by atoms with Gasteiger partial charge in [-0.2, -0.15) is 18.2 Å². The van der Waals surface area contributed by atoms with Crippen LogP contribution in [0.15, 0.2) is 35.4 Å². The van der Waals surface area contributed by atoms with Gasteiger partial charge in [0, 0.05) is 18.3 Å². The molecule has 0 bridgehead atoms. The van der Waals surface area contributed by atoms with Gasteiger partial charge in [-0.1, -0.05) is 0 Å². The van der Waals surface area contributed by atoms with E-state index in [1.165, 1.54) is 31.3 Å². The predicted octanol–water partition coefficient (Wildman–Crippen LogP) is 1.68. The van der Waals surface area contributed by atoms with Crippen LogP contribution >= 0.6 is 0 Å². The van der Waals surface area contributed by atoms with Crippen LogP contribution in [0.5, 0.6) is 5.88 Å². The number of aliphatic hydroxyl groups is 1. The maximum absolute atomic E-state index is 13.3. The van der Waals surface area contributed by atoms with Crippen molar-refractivity contribution in [1.29, 1.82) is 0 Å². The third-order valence-electron chi connectivity index (χ3n) is 4.28. The van der Waals surface area contributed by atoms with Gasteiger partial charge in [0.15, 0.2) is 0 Å². The molecule has 13 heteroatoms. The van der Waals surface area contributed by atoms with Crippen LogP contribution in [0.3, 0.4) is 0 Å². The monoisotopic (exact) mass is 448 g/mol. The van der Waals surface area contributed by atoms with Crippen molar-refractivity contribution in [3.8, 4) is 5.88 Å². The fourth-order valence-corrected chi connectivity index (χ4v) is 3.39. The van der Waals surface area contributed by atoms with Gasteiger partial charge in [0.1, 0.15) is 17.8 Å². The second kappa shape index (κ2) is 8.71. The summed E-state index contributed by atoms with van der Waals surface area (Å²) in [5, 5.41) is 12.6. The van der Waals surface area contributed by atoms with E-state index in [1.807, 2.05) is 0 Å². The molecule has 0 spiro atoms. The Kier molecular flexibility index (Phi) is 6.45. The highest BCUT2D eigenvalue weighted by atomic mass is 32.2. The Morgan fingerprint density at radius 3 is 2.57 bits per heavy atom. The van der Waals surface area contributed by atoms with Gasteiger partial charge in [0.05, 0.1) is 18.1 Å². The van der Waals surface area contributed by atoms with Crippen molar-refractivity contribution in [1.82, 2.24) is 14.7 Å². The lowest BCUT2D eigenvalue weighted by molar-refractivity contribution is -0.141. The standard InChI is InChI=1S/C17H19F3N4O5S/c1-21-30(26,27)11-4-2-10(3-5-11)23-16-22-8-12(17(18,19)20)15(24-16)29-14-6-7-28-9-13(14)25/h2-5,8,13-14,21,25H,6-7,9H2,1H3,(H,22,23,24)/t13-,14-/m1/s1. The lowest BCUT2D eigenvalue weighted by Crippen LogP contribution is -2.41. The molecule has 30 heavy (non-hydrogen) atoms. The molecule has 0 saturated carbocycles. The van der Waals surface area contributed by atoms with Crippen molar-refractivity contribution in [3.05, 3.63) is 36.0 Å². The highest BCUT2D eigenvalue weighted by Gasteiger charge is 2.38. The zero-order valence-electron chi connectivity index (χ0n) is 15.7. The maximum atomic E-state index is 13.3. The molecule has 1 aromatic heterocycles. The van der Waals surface area contributed by atoms with E-state index in [4.69, 9.17) is 9.47 Å². The van der Waals surface area contributed by atoms with Gasteiger partial charge in [0.25, 0.3) is 0 Å². The third kappa shape index (κ3) is 5.16. The van der Waals surface area contributed by atoms with Gasteiger partial charge in [0.2, 0.25) is 21.9 Å². The van der Waals surface area contributed by atoms with Crippen LogP contribution in [0, 0.1) is 0 Å². The van der Waals surface area contributed by atoms with E-state index in [-0.39, 0.29) is 30.5 Å². The lowest BCUT2D eigenvalue weighted by Gasteiger charge is -2.28. The molecule has 2 heterocycles. The molecule has 1 aromatic carbocycles. The fraction of sp³-hybridized carbons (Fsp3) is 0.412. The summed E-state index contributed by atoms with van der Waals surface area (Å²) in [4.78, 5) is 7.48. The highest BCUT2D eigenvalue weighted by molar-refractivity contribution is 7.89. The van der Waals surface area contributed by atoms with Crippen LogP contribution in [0.2, 0.25) is 0 Å². The molecule has 3 rings (SSSR count). The number of hydrogen-bond acceptors (Lipinski definition) is 8.